The number of carbonyl (C=O) groups is 2. The van der Waals surface area contributed by atoms with E-state index in [0.29, 0.717) is 38.6 Å². The topological polar surface area (TPSA) is 61.9 Å². The highest BCUT2D eigenvalue weighted by atomic mass is 16.5. The first kappa shape index (κ1) is 18.3. The van der Waals surface area contributed by atoms with Gasteiger partial charge in [0.15, 0.2) is 0 Å². The van der Waals surface area contributed by atoms with E-state index in [2.05, 4.69) is 18.3 Å². The molecule has 1 aromatic carbocycles. The number of nitrogens with zero attached hydrogens (tertiary/aromatic N) is 2. The SMILES string of the molecule is CCc1cccc(NC(=O)N2CCC(=O)N(CC3CC3)C3(CCOC3)C2)c1. The van der Waals surface area contributed by atoms with E-state index < -0.39 is 0 Å². The maximum absolute atomic E-state index is 13.0. The molecule has 1 saturated carbocycles. The number of urea groups is 1. The Balaban J connectivity index is 1.51. The fourth-order valence-electron chi connectivity index (χ4n) is 4.18. The predicted octanol–water partition coefficient (Wildman–Crippen LogP) is 2.88. The third-order valence-corrected chi connectivity index (χ3v) is 6.05. The van der Waals surface area contributed by atoms with Gasteiger partial charge in [-0.1, -0.05) is 19.1 Å². The van der Waals surface area contributed by atoms with Crippen molar-refractivity contribution in [1.29, 1.82) is 0 Å². The molecule has 3 amide bonds. The largest absolute Gasteiger partial charge is 0.379 e. The van der Waals surface area contributed by atoms with E-state index >= 15 is 0 Å². The van der Waals surface area contributed by atoms with Crippen molar-refractivity contribution in [3.8, 4) is 0 Å². The lowest BCUT2D eigenvalue weighted by atomic mass is 9.95. The summed E-state index contributed by atoms with van der Waals surface area (Å²) in [7, 11) is 0. The van der Waals surface area contributed by atoms with E-state index in [9.17, 15) is 9.59 Å². The molecule has 1 unspecified atom stereocenters. The van der Waals surface area contributed by atoms with E-state index in [1.807, 2.05) is 23.1 Å². The third kappa shape index (κ3) is 3.95. The Morgan fingerprint density at radius 3 is 2.93 bits per heavy atom. The number of carbonyl (C=O) groups excluding carboxylic acids is 2. The Labute approximate surface area is 160 Å². The Hall–Kier alpha value is -2.08. The summed E-state index contributed by atoms with van der Waals surface area (Å²) < 4.78 is 5.70. The molecule has 3 aliphatic rings. The molecular weight excluding hydrogens is 342 g/mol. The number of benzene rings is 1. The van der Waals surface area contributed by atoms with E-state index in [0.717, 1.165) is 25.1 Å². The number of hydrogen-bond acceptors (Lipinski definition) is 3. The Kier molecular flexibility index (Phi) is 5.08. The summed E-state index contributed by atoms with van der Waals surface area (Å²) in [6.45, 7) is 5.10. The fraction of sp³-hybridized carbons (Fsp3) is 0.619. The van der Waals surface area contributed by atoms with Crippen LogP contribution in [0.25, 0.3) is 0 Å². The summed E-state index contributed by atoms with van der Waals surface area (Å²) in [4.78, 5) is 29.7. The second kappa shape index (κ2) is 7.50. The Bertz CT molecular complexity index is 710. The van der Waals surface area contributed by atoms with Crippen LogP contribution in [-0.2, 0) is 16.0 Å². The molecule has 2 heterocycles. The molecule has 0 radical (unpaired) electrons. The lowest BCUT2D eigenvalue weighted by Gasteiger charge is -2.40. The van der Waals surface area contributed by atoms with Gasteiger partial charge >= 0.3 is 6.03 Å². The van der Waals surface area contributed by atoms with Crippen LogP contribution in [0.3, 0.4) is 0 Å². The minimum atomic E-state index is -0.362. The summed E-state index contributed by atoms with van der Waals surface area (Å²) in [5.74, 6) is 0.791. The predicted molar refractivity (Wildman–Crippen MR) is 104 cm³/mol. The second-order valence-corrected chi connectivity index (χ2v) is 8.13. The third-order valence-electron chi connectivity index (χ3n) is 6.05. The summed E-state index contributed by atoms with van der Waals surface area (Å²) in [5.41, 5.74) is 1.63. The van der Waals surface area contributed by atoms with E-state index in [4.69, 9.17) is 4.74 Å². The van der Waals surface area contributed by atoms with Crippen LogP contribution in [0.15, 0.2) is 24.3 Å². The molecule has 0 aromatic heterocycles. The monoisotopic (exact) mass is 371 g/mol. The van der Waals surface area contributed by atoms with Gasteiger partial charge in [-0.2, -0.15) is 0 Å². The van der Waals surface area contributed by atoms with Crippen LogP contribution in [0, 0.1) is 5.92 Å². The highest BCUT2D eigenvalue weighted by Crippen LogP contribution is 2.37. The maximum Gasteiger partial charge on any atom is 0.321 e. The van der Waals surface area contributed by atoms with Gasteiger partial charge in [0, 0.05) is 38.3 Å². The first-order valence-corrected chi connectivity index (χ1v) is 10.1. The Morgan fingerprint density at radius 2 is 2.22 bits per heavy atom. The van der Waals surface area contributed by atoms with Crippen LogP contribution >= 0.6 is 0 Å². The summed E-state index contributed by atoms with van der Waals surface area (Å²) in [6.07, 6.45) is 4.54. The first-order valence-electron chi connectivity index (χ1n) is 10.1. The minimum absolute atomic E-state index is 0.129. The van der Waals surface area contributed by atoms with Crippen LogP contribution in [-0.4, -0.2) is 60.1 Å². The van der Waals surface area contributed by atoms with Crippen molar-refractivity contribution in [2.75, 3.05) is 38.2 Å². The van der Waals surface area contributed by atoms with Gasteiger partial charge in [0.25, 0.3) is 0 Å². The van der Waals surface area contributed by atoms with Gasteiger partial charge in [0.05, 0.1) is 12.1 Å². The zero-order valence-corrected chi connectivity index (χ0v) is 16.1. The van der Waals surface area contributed by atoms with Crippen molar-refractivity contribution in [2.24, 2.45) is 5.92 Å². The smallest absolute Gasteiger partial charge is 0.321 e. The summed E-state index contributed by atoms with van der Waals surface area (Å²) >= 11 is 0. The molecular formula is C21H29N3O3. The van der Waals surface area contributed by atoms with Gasteiger partial charge in [0.2, 0.25) is 5.91 Å². The van der Waals surface area contributed by atoms with Crippen LogP contribution in [0.2, 0.25) is 0 Å². The molecule has 1 spiro atoms. The van der Waals surface area contributed by atoms with E-state index in [1.165, 1.54) is 18.4 Å². The number of amides is 3. The lowest BCUT2D eigenvalue weighted by Crippen LogP contribution is -2.57. The van der Waals surface area contributed by atoms with Crippen molar-refractivity contribution in [1.82, 2.24) is 9.80 Å². The van der Waals surface area contributed by atoms with Crippen molar-refractivity contribution in [2.45, 2.75) is 44.6 Å². The van der Waals surface area contributed by atoms with Gasteiger partial charge in [-0.15, -0.1) is 0 Å². The normalized spacial score (nSPS) is 25.7. The number of ether oxygens (including phenoxy) is 1. The standard InChI is InChI=1S/C21H29N3O3/c1-2-16-4-3-5-18(12-16)22-20(26)23-10-8-19(25)24(13-17-6-7-17)21(14-23)9-11-27-15-21/h3-5,12,17H,2,6-11,13-15H2,1H3,(H,22,26). The number of nitrogens with one attached hydrogen (secondary N) is 1. The van der Waals surface area contributed by atoms with Crippen molar-refractivity contribution in [3.05, 3.63) is 29.8 Å². The van der Waals surface area contributed by atoms with Crippen molar-refractivity contribution >= 4 is 17.6 Å². The molecule has 1 aromatic rings. The molecule has 1 atom stereocenters. The van der Waals surface area contributed by atoms with E-state index in [-0.39, 0.29) is 17.5 Å². The second-order valence-electron chi connectivity index (χ2n) is 8.13. The average molecular weight is 371 g/mol. The van der Waals surface area contributed by atoms with Gasteiger partial charge < -0.3 is 19.9 Å². The van der Waals surface area contributed by atoms with Crippen LogP contribution in [0.4, 0.5) is 10.5 Å². The highest BCUT2D eigenvalue weighted by Gasteiger charge is 2.48. The van der Waals surface area contributed by atoms with Gasteiger partial charge in [0.1, 0.15) is 0 Å². The molecule has 1 N–H and O–H groups in total. The summed E-state index contributed by atoms with van der Waals surface area (Å²) in [6, 6.07) is 7.81. The molecule has 6 nitrogen and oxygen atoms in total. The van der Waals surface area contributed by atoms with Crippen molar-refractivity contribution < 1.29 is 14.3 Å². The van der Waals surface area contributed by atoms with E-state index in [1.54, 1.807) is 4.90 Å². The average Bonchev–Trinajstić information content (AvgIpc) is 3.40. The number of rotatable bonds is 4. The number of aryl methyl sites for hydroxylation is 1. The van der Waals surface area contributed by atoms with Gasteiger partial charge in [-0.05, 0) is 49.3 Å². The highest BCUT2D eigenvalue weighted by molar-refractivity contribution is 5.90. The molecule has 0 bridgehead atoms. The first-order chi connectivity index (χ1) is 13.1. The van der Waals surface area contributed by atoms with Crippen LogP contribution < -0.4 is 5.32 Å². The molecule has 2 aliphatic heterocycles. The quantitative estimate of drug-likeness (QED) is 0.885. The zero-order valence-electron chi connectivity index (χ0n) is 16.1. The van der Waals surface area contributed by atoms with Gasteiger partial charge in [-0.3, -0.25) is 4.79 Å². The lowest BCUT2D eigenvalue weighted by molar-refractivity contribution is -0.136. The molecule has 2 saturated heterocycles. The minimum Gasteiger partial charge on any atom is -0.379 e. The van der Waals surface area contributed by atoms with Crippen LogP contribution in [0.1, 0.15) is 38.2 Å². The molecule has 4 rings (SSSR count). The molecule has 27 heavy (non-hydrogen) atoms. The number of hydrogen-bond donors (Lipinski definition) is 1. The molecule has 3 fully saturated rings. The maximum atomic E-state index is 13.0. The number of anilines is 1. The molecule has 6 heteroatoms. The van der Waals surface area contributed by atoms with Crippen molar-refractivity contribution in [3.63, 3.8) is 0 Å². The van der Waals surface area contributed by atoms with Crippen LogP contribution in [0.5, 0.6) is 0 Å². The fourth-order valence-corrected chi connectivity index (χ4v) is 4.18. The molecule has 146 valence electrons. The zero-order chi connectivity index (χ0) is 18.9. The molecule has 1 aliphatic carbocycles. The van der Waals surface area contributed by atoms with Gasteiger partial charge in [-0.25, -0.2) is 4.79 Å². The Morgan fingerprint density at radius 1 is 1.37 bits per heavy atom. The summed E-state index contributed by atoms with van der Waals surface area (Å²) in [5, 5.41) is 3.02.